The van der Waals surface area contributed by atoms with E-state index >= 15 is 0 Å². The molecule has 128 valence electrons. The fraction of sp³-hybridized carbons (Fsp3) is 0.368. The summed E-state index contributed by atoms with van der Waals surface area (Å²) in [4.78, 5) is 18.5. The van der Waals surface area contributed by atoms with Gasteiger partial charge < -0.3 is 15.5 Å². The van der Waals surface area contributed by atoms with E-state index in [1.54, 1.807) is 12.3 Å². The fourth-order valence-electron chi connectivity index (χ4n) is 2.33. The van der Waals surface area contributed by atoms with Crippen LogP contribution in [0, 0.1) is 13.8 Å². The normalized spacial score (nSPS) is 10.7. The molecule has 0 atom stereocenters. The highest BCUT2D eigenvalue weighted by Crippen LogP contribution is 2.21. The van der Waals surface area contributed by atoms with Gasteiger partial charge in [-0.2, -0.15) is 0 Å². The molecule has 1 aromatic carbocycles. The average Bonchev–Trinajstić information content (AvgIpc) is 2.56. The van der Waals surface area contributed by atoms with Gasteiger partial charge >= 0.3 is 0 Å². The van der Waals surface area contributed by atoms with Gasteiger partial charge in [0, 0.05) is 18.4 Å². The Morgan fingerprint density at radius 3 is 2.62 bits per heavy atom. The Morgan fingerprint density at radius 2 is 1.96 bits per heavy atom. The molecule has 0 unspecified atom stereocenters. The fourth-order valence-corrected chi connectivity index (χ4v) is 2.33. The molecule has 0 saturated heterocycles. The molecule has 2 aromatic rings. The predicted molar refractivity (Wildman–Crippen MR) is 98.9 cm³/mol. The first-order valence-corrected chi connectivity index (χ1v) is 8.19. The Bertz CT molecular complexity index is 680. The number of nitrogens with one attached hydrogen (secondary N) is 2. The van der Waals surface area contributed by atoms with Crippen LogP contribution in [0.1, 0.15) is 27.9 Å². The number of hydrogen-bond acceptors (Lipinski definition) is 4. The second-order valence-electron chi connectivity index (χ2n) is 6.22. The maximum atomic E-state index is 12.1. The largest absolute Gasteiger partial charge is 0.352 e. The van der Waals surface area contributed by atoms with Crippen LogP contribution in [0.15, 0.2) is 36.5 Å². The van der Waals surface area contributed by atoms with Gasteiger partial charge in [0.25, 0.3) is 5.91 Å². The van der Waals surface area contributed by atoms with E-state index in [2.05, 4.69) is 40.4 Å². The van der Waals surface area contributed by atoms with Gasteiger partial charge in [0.1, 0.15) is 5.82 Å². The minimum Gasteiger partial charge on any atom is -0.352 e. The highest BCUT2D eigenvalue weighted by Gasteiger charge is 2.07. The Labute approximate surface area is 144 Å². The van der Waals surface area contributed by atoms with Crippen LogP contribution in [0.5, 0.6) is 0 Å². The van der Waals surface area contributed by atoms with Gasteiger partial charge in [0.05, 0.1) is 5.56 Å². The first-order chi connectivity index (χ1) is 11.5. The van der Waals surface area contributed by atoms with E-state index in [0.717, 1.165) is 24.5 Å². The van der Waals surface area contributed by atoms with Crippen molar-refractivity contribution < 1.29 is 4.79 Å². The third-order valence-electron chi connectivity index (χ3n) is 3.96. The van der Waals surface area contributed by atoms with Crippen molar-refractivity contribution in [2.24, 2.45) is 0 Å². The maximum Gasteiger partial charge on any atom is 0.252 e. The first-order valence-electron chi connectivity index (χ1n) is 8.19. The number of aromatic nitrogens is 1. The van der Waals surface area contributed by atoms with E-state index in [1.165, 1.54) is 11.1 Å². The Morgan fingerprint density at radius 1 is 1.17 bits per heavy atom. The minimum absolute atomic E-state index is 0.0838. The van der Waals surface area contributed by atoms with Gasteiger partial charge in [-0.3, -0.25) is 4.79 Å². The molecule has 0 aliphatic carbocycles. The lowest BCUT2D eigenvalue weighted by Gasteiger charge is -2.11. The lowest BCUT2D eigenvalue weighted by molar-refractivity contribution is 0.0952. The quantitative estimate of drug-likeness (QED) is 0.768. The Balaban J connectivity index is 1.93. The van der Waals surface area contributed by atoms with Crippen molar-refractivity contribution in [3.05, 3.63) is 53.2 Å². The number of aryl methyl sites for hydroxylation is 1. The molecule has 0 spiro atoms. The molecule has 0 bridgehead atoms. The lowest BCUT2D eigenvalue weighted by Crippen LogP contribution is -2.27. The summed E-state index contributed by atoms with van der Waals surface area (Å²) in [7, 11) is 4.04. The summed E-state index contributed by atoms with van der Waals surface area (Å²) in [6.45, 7) is 5.78. The summed E-state index contributed by atoms with van der Waals surface area (Å²) in [5.74, 6) is 0.646. The van der Waals surface area contributed by atoms with Gasteiger partial charge in [-0.05, 0) is 70.2 Å². The van der Waals surface area contributed by atoms with Crippen molar-refractivity contribution in [1.82, 2.24) is 15.2 Å². The maximum absolute atomic E-state index is 12.1. The third kappa shape index (κ3) is 5.06. The zero-order valence-electron chi connectivity index (χ0n) is 14.9. The van der Waals surface area contributed by atoms with Crippen molar-refractivity contribution in [1.29, 1.82) is 0 Å². The minimum atomic E-state index is -0.0838. The second-order valence-corrected chi connectivity index (χ2v) is 6.22. The third-order valence-corrected chi connectivity index (χ3v) is 3.96. The highest BCUT2D eigenvalue weighted by molar-refractivity contribution is 5.94. The number of pyridine rings is 1. The van der Waals surface area contributed by atoms with Crippen LogP contribution in [0.2, 0.25) is 0 Å². The van der Waals surface area contributed by atoms with Crippen LogP contribution in [0.3, 0.4) is 0 Å². The SMILES string of the molecule is Cc1cccc(Nc2ccc(C(=O)NCCCN(C)C)cn2)c1C. The second kappa shape index (κ2) is 8.45. The van der Waals surface area contributed by atoms with E-state index < -0.39 is 0 Å². The molecule has 0 aliphatic heterocycles. The smallest absolute Gasteiger partial charge is 0.252 e. The molecular weight excluding hydrogens is 300 g/mol. The van der Waals surface area contributed by atoms with Gasteiger partial charge in [-0.25, -0.2) is 4.98 Å². The molecule has 5 heteroatoms. The number of carbonyl (C=O) groups excluding carboxylic acids is 1. The van der Waals surface area contributed by atoms with E-state index in [0.29, 0.717) is 12.1 Å². The average molecular weight is 326 g/mol. The molecule has 2 rings (SSSR count). The van der Waals surface area contributed by atoms with E-state index in [1.807, 2.05) is 32.3 Å². The summed E-state index contributed by atoms with van der Waals surface area (Å²) >= 11 is 0. The number of benzene rings is 1. The molecule has 1 heterocycles. The summed E-state index contributed by atoms with van der Waals surface area (Å²) in [6, 6.07) is 9.74. The molecule has 2 N–H and O–H groups in total. The van der Waals surface area contributed by atoms with Crippen LogP contribution in [-0.4, -0.2) is 43.0 Å². The van der Waals surface area contributed by atoms with Crippen LogP contribution in [-0.2, 0) is 0 Å². The first kappa shape index (κ1) is 17.9. The van der Waals surface area contributed by atoms with E-state index in [-0.39, 0.29) is 5.91 Å². The number of nitrogens with zero attached hydrogens (tertiary/aromatic N) is 2. The van der Waals surface area contributed by atoms with Crippen LogP contribution < -0.4 is 10.6 Å². The van der Waals surface area contributed by atoms with Crippen molar-refractivity contribution in [3.8, 4) is 0 Å². The van der Waals surface area contributed by atoms with Crippen LogP contribution in [0.25, 0.3) is 0 Å². The molecule has 5 nitrogen and oxygen atoms in total. The van der Waals surface area contributed by atoms with Gasteiger partial charge in [0.2, 0.25) is 0 Å². The molecule has 1 amide bonds. The highest BCUT2D eigenvalue weighted by atomic mass is 16.1. The summed E-state index contributed by atoms with van der Waals surface area (Å²) in [5.41, 5.74) is 4.03. The topological polar surface area (TPSA) is 57.3 Å². The van der Waals surface area contributed by atoms with Crippen molar-refractivity contribution in [3.63, 3.8) is 0 Å². The molecule has 0 radical (unpaired) electrons. The van der Waals surface area contributed by atoms with Gasteiger partial charge in [-0.1, -0.05) is 12.1 Å². The van der Waals surface area contributed by atoms with Crippen LogP contribution >= 0.6 is 0 Å². The van der Waals surface area contributed by atoms with Crippen LogP contribution in [0.4, 0.5) is 11.5 Å². The molecule has 0 aliphatic rings. The summed E-state index contributed by atoms with van der Waals surface area (Å²) in [5, 5.41) is 6.21. The lowest BCUT2D eigenvalue weighted by atomic mass is 10.1. The van der Waals surface area contributed by atoms with Crippen molar-refractivity contribution in [2.45, 2.75) is 20.3 Å². The van der Waals surface area contributed by atoms with Crippen molar-refractivity contribution in [2.75, 3.05) is 32.5 Å². The van der Waals surface area contributed by atoms with E-state index in [4.69, 9.17) is 0 Å². The zero-order chi connectivity index (χ0) is 17.5. The number of hydrogen-bond donors (Lipinski definition) is 2. The van der Waals surface area contributed by atoms with Gasteiger partial charge in [0.15, 0.2) is 0 Å². The standard InChI is InChI=1S/C19H26N4O/c1-14-7-5-8-17(15(14)2)22-18-10-9-16(13-21-18)19(24)20-11-6-12-23(3)4/h5,7-10,13H,6,11-12H2,1-4H3,(H,20,24)(H,21,22). The Kier molecular flexibility index (Phi) is 6.32. The molecule has 24 heavy (non-hydrogen) atoms. The molecule has 0 fully saturated rings. The summed E-state index contributed by atoms with van der Waals surface area (Å²) < 4.78 is 0. The number of amides is 1. The predicted octanol–water partition coefficient (Wildman–Crippen LogP) is 3.12. The summed E-state index contributed by atoms with van der Waals surface area (Å²) in [6.07, 6.45) is 2.53. The molecule has 0 saturated carbocycles. The zero-order valence-corrected chi connectivity index (χ0v) is 14.9. The number of carbonyl (C=O) groups is 1. The molecule has 1 aromatic heterocycles. The number of rotatable bonds is 7. The molecular formula is C19H26N4O. The Hall–Kier alpha value is -2.40. The van der Waals surface area contributed by atoms with E-state index in [9.17, 15) is 4.79 Å². The monoisotopic (exact) mass is 326 g/mol. The van der Waals surface area contributed by atoms with Gasteiger partial charge in [-0.15, -0.1) is 0 Å². The number of anilines is 2. The van der Waals surface area contributed by atoms with Crippen molar-refractivity contribution >= 4 is 17.4 Å².